The van der Waals surface area contributed by atoms with Crippen LogP contribution in [-0.2, 0) is 0 Å². The molecule has 0 saturated carbocycles. The lowest BCUT2D eigenvalue weighted by Gasteiger charge is -2.23. The van der Waals surface area contributed by atoms with Crippen molar-refractivity contribution in [3.05, 3.63) is 133 Å². The van der Waals surface area contributed by atoms with E-state index < -0.39 is 0 Å². The lowest BCUT2D eigenvalue weighted by atomic mass is 10.2. The van der Waals surface area contributed by atoms with E-state index in [1.807, 2.05) is 122 Å². The van der Waals surface area contributed by atoms with Crippen LogP contribution in [0.25, 0.3) is 0 Å². The molecule has 0 aliphatic heterocycles. The van der Waals surface area contributed by atoms with E-state index in [4.69, 9.17) is 0 Å². The highest BCUT2D eigenvalue weighted by atomic mass is 15.2. The van der Waals surface area contributed by atoms with Gasteiger partial charge in [-0.05, 0) is 74.5 Å². The molecular formula is C29H27N5. The summed E-state index contributed by atoms with van der Waals surface area (Å²) < 4.78 is 0. The van der Waals surface area contributed by atoms with E-state index in [0.29, 0.717) is 0 Å². The van der Waals surface area contributed by atoms with Gasteiger partial charge in [-0.2, -0.15) is 0 Å². The van der Waals surface area contributed by atoms with E-state index in [0.717, 1.165) is 40.2 Å². The van der Waals surface area contributed by atoms with Crippen LogP contribution < -0.4 is 10.2 Å². The number of rotatable bonds is 5. The number of pyridine rings is 3. The Bertz CT molecular complexity index is 1250. The fourth-order valence-electron chi connectivity index (χ4n) is 3.38. The number of benzene rings is 2. The highest BCUT2D eigenvalue weighted by Crippen LogP contribution is 2.31. The summed E-state index contributed by atoms with van der Waals surface area (Å²) in [7, 11) is 0. The molecule has 2 aromatic carbocycles. The zero-order valence-corrected chi connectivity index (χ0v) is 19.3. The lowest BCUT2D eigenvalue weighted by Crippen LogP contribution is -2.12. The summed E-state index contributed by atoms with van der Waals surface area (Å²) >= 11 is 0. The van der Waals surface area contributed by atoms with Crippen molar-refractivity contribution in [2.24, 2.45) is 0 Å². The van der Waals surface area contributed by atoms with E-state index in [9.17, 15) is 0 Å². The van der Waals surface area contributed by atoms with Crippen LogP contribution in [0.3, 0.4) is 0 Å². The maximum Gasteiger partial charge on any atom is 0.138 e. The van der Waals surface area contributed by atoms with E-state index in [2.05, 4.69) is 32.4 Å². The van der Waals surface area contributed by atoms with Gasteiger partial charge in [0.15, 0.2) is 0 Å². The first-order chi connectivity index (χ1) is 16.7. The van der Waals surface area contributed by atoms with E-state index >= 15 is 0 Å². The average molecular weight is 446 g/mol. The van der Waals surface area contributed by atoms with Crippen LogP contribution in [0, 0.1) is 13.8 Å². The van der Waals surface area contributed by atoms with Crippen molar-refractivity contribution in [2.75, 3.05) is 10.2 Å². The number of nitrogens with zero attached hydrogens (tertiary/aromatic N) is 4. The highest BCUT2D eigenvalue weighted by molar-refractivity contribution is 5.71. The number of hydrogen-bond acceptors (Lipinski definition) is 5. The Kier molecular flexibility index (Phi) is 7.59. The van der Waals surface area contributed by atoms with Crippen LogP contribution in [0.5, 0.6) is 0 Å². The predicted octanol–water partition coefficient (Wildman–Crippen LogP) is 7.39. The van der Waals surface area contributed by atoms with Gasteiger partial charge in [-0.25, -0.2) is 15.0 Å². The number of para-hydroxylation sites is 2. The smallest absolute Gasteiger partial charge is 0.138 e. The molecule has 0 aliphatic carbocycles. The standard InChI is InChI=1S/C17H15N3.C12H12N2/c1-14-8-7-12-17(19-14)20(15-9-3-2-4-10-15)16-11-5-6-13-18-16;1-10-6-5-9-12(13-10)14-11-7-3-2-4-8-11/h2-13H,1H3;2-9H,1H3,(H,13,14). The van der Waals surface area contributed by atoms with Gasteiger partial charge in [0.1, 0.15) is 17.5 Å². The second-order valence-electron chi connectivity index (χ2n) is 7.65. The molecule has 3 heterocycles. The van der Waals surface area contributed by atoms with E-state index in [1.54, 1.807) is 6.20 Å². The molecule has 5 rings (SSSR count). The van der Waals surface area contributed by atoms with Gasteiger partial charge in [-0.1, -0.05) is 54.6 Å². The Hall–Kier alpha value is -4.51. The normalized spacial score (nSPS) is 10.1. The lowest BCUT2D eigenvalue weighted by molar-refractivity contribution is 1.10. The number of aromatic nitrogens is 3. The minimum atomic E-state index is 0.858. The Morgan fingerprint density at radius 3 is 1.82 bits per heavy atom. The molecule has 5 aromatic rings. The number of hydrogen-bond donors (Lipinski definition) is 1. The topological polar surface area (TPSA) is 53.9 Å². The number of anilines is 5. The maximum absolute atomic E-state index is 4.61. The molecule has 0 saturated heterocycles. The molecule has 1 N–H and O–H groups in total. The summed E-state index contributed by atoms with van der Waals surface area (Å²) in [4.78, 5) is 15.5. The first-order valence-electron chi connectivity index (χ1n) is 11.1. The maximum atomic E-state index is 4.61. The summed E-state index contributed by atoms with van der Waals surface area (Å²) in [5, 5.41) is 3.23. The van der Waals surface area contributed by atoms with Crippen LogP contribution in [0.4, 0.5) is 28.8 Å². The summed E-state index contributed by atoms with van der Waals surface area (Å²) in [6.45, 7) is 3.97. The van der Waals surface area contributed by atoms with Crippen molar-refractivity contribution in [2.45, 2.75) is 13.8 Å². The van der Waals surface area contributed by atoms with Crippen molar-refractivity contribution < 1.29 is 0 Å². The van der Waals surface area contributed by atoms with Gasteiger partial charge in [0.05, 0.1) is 0 Å². The van der Waals surface area contributed by atoms with Crippen molar-refractivity contribution in [1.29, 1.82) is 0 Å². The predicted molar refractivity (Wildman–Crippen MR) is 140 cm³/mol. The molecule has 168 valence electrons. The third-order valence-corrected chi connectivity index (χ3v) is 4.93. The molecule has 0 fully saturated rings. The van der Waals surface area contributed by atoms with E-state index in [-0.39, 0.29) is 0 Å². The SMILES string of the molecule is Cc1cccc(N(c2ccccc2)c2ccccn2)n1.Cc1cccc(Nc2ccccc2)n1. The van der Waals surface area contributed by atoms with Crippen molar-refractivity contribution in [1.82, 2.24) is 15.0 Å². The van der Waals surface area contributed by atoms with Crippen molar-refractivity contribution in [3.63, 3.8) is 0 Å². The van der Waals surface area contributed by atoms with Gasteiger partial charge in [-0.15, -0.1) is 0 Å². The van der Waals surface area contributed by atoms with E-state index in [1.165, 1.54) is 0 Å². The van der Waals surface area contributed by atoms with Gasteiger partial charge in [0, 0.05) is 29.0 Å². The van der Waals surface area contributed by atoms with Crippen LogP contribution in [0.1, 0.15) is 11.4 Å². The van der Waals surface area contributed by atoms with Gasteiger partial charge >= 0.3 is 0 Å². The van der Waals surface area contributed by atoms with Crippen LogP contribution >= 0.6 is 0 Å². The third kappa shape index (κ3) is 6.26. The average Bonchev–Trinajstić information content (AvgIpc) is 2.87. The summed E-state index contributed by atoms with van der Waals surface area (Å²) in [5.41, 5.74) is 4.11. The highest BCUT2D eigenvalue weighted by Gasteiger charge is 2.13. The van der Waals surface area contributed by atoms with Crippen molar-refractivity contribution in [3.8, 4) is 0 Å². The monoisotopic (exact) mass is 445 g/mol. The molecule has 5 heteroatoms. The second-order valence-corrected chi connectivity index (χ2v) is 7.65. The molecule has 0 aliphatic rings. The molecule has 0 unspecified atom stereocenters. The quantitative estimate of drug-likeness (QED) is 0.306. The molecule has 0 radical (unpaired) electrons. The second kappa shape index (κ2) is 11.4. The Morgan fingerprint density at radius 2 is 1.18 bits per heavy atom. The zero-order valence-electron chi connectivity index (χ0n) is 19.3. The van der Waals surface area contributed by atoms with Crippen LogP contribution in [0.2, 0.25) is 0 Å². The molecule has 0 atom stereocenters. The molecule has 0 spiro atoms. The first kappa shape index (κ1) is 22.7. The molecule has 3 aromatic heterocycles. The first-order valence-corrected chi connectivity index (χ1v) is 11.1. The number of nitrogens with one attached hydrogen (secondary N) is 1. The summed E-state index contributed by atoms with van der Waals surface area (Å²) in [5.74, 6) is 2.61. The largest absolute Gasteiger partial charge is 0.340 e. The van der Waals surface area contributed by atoms with Crippen LogP contribution in [0.15, 0.2) is 121 Å². The van der Waals surface area contributed by atoms with Gasteiger partial charge in [0.25, 0.3) is 0 Å². The Balaban J connectivity index is 0.000000172. The number of aryl methyl sites for hydroxylation is 2. The molecule has 0 bridgehead atoms. The minimum absolute atomic E-state index is 0.858. The van der Waals surface area contributed by atoms with Crippen molar-refractivity contribution >= 4 is 28.8 Å². The molecule has 5 nitrogen and oxygen atoms in total. The molecule has 34 heavy (non-hydrogen) atoms. The van der Waals surface area contributed by atoms with Gasteiger partial charge in [0.2, 0.25) is 0 Å². The zero-order chi connectivity index (χ0) is 23.6. The Morgan fingerprint density at radius 1 is 0.559 bits per heavy atom. The van der Waals surface area contributed by atoms with Crippen LogP contribution in [-0.4, -0.2) is 15.0 Å². The molecule has 0 amide bonds. The third-order valence-electron chi connectivity index (χ3n) is 4.93. The van der Waals surface area contributed by atoms with Gasteiger partial charge < -0.3 is 5.32 Å². The summed E-state index contributed by atoms with van der Waals surface area (Å²) in [6.07, 6.45) is 1.79. The van der Waals surface area contributed by atoms with Gasteiger partial charge in [-0.3, -0.25) is 4.90 Å². The fraction of sp³-hybridized carbons (Fsp3) is 0.0690. The Labute approximate surface area is 200 Å². The minimum Gasteiger partial charge on any atom is -0.340 e. The molecular weight excluding hydrogens is 418 g/mol. The fourth-order valence-corrected chi connectivity index (χ4v) is 3.38. The summed E-state index contributed by atoms with van der Waals surface area (Å²) in [6, 6.07) is 38.0.